The molecule has 1 atom stereocenters. The highest BCUT2D eigenvalue weighted by Crippen LogP contribution is 2.44. The second-order valence-corrected chi connectivity index (χ2v) is 5.67. The van der Waals surface area contributed by atoms with E-state index in [1.165, 1.54) is 12.1 Å². The molecule has 1 unspecified atom stereocenters. The molecule has 2 rings (SSSR count). The Bertz CT molecular complexity index is 444. The van der Waals surface area contributed by atoms with E-state index in [9.17, 15) is 9.65 Å². The smallest absolute Gasteiger partial charge is 0.125 e. The molecule has 1 aliphatic rings. The van der Waals surface area contributed by atoms with Crippen LogP contribution in [-0.2, 0) is 0 Å². The Labute approximate surface area is 101 Å². The van der Waals surface area contributed by atoms with E-state index in [-0.39, 0.29) is 11.2 Å². The minimum atomic E-state index is -0.499. The molecule has 1 N–H and O–H groups in total. The highest BCUT2D eigenvalue weighted by atomic mass is 19.1. The van der Waals surface area contributed by atoms with Crippen molar-refractivity contribution >= 4 is 5.69 Å². The van der Waals surface area contributed by atoms with Gasteiger partial charge in [0.1, 0.15) is 11.4 Å². The summed E-state index contributed by atoms with van der Waals surface area (Å²) in [5.74, 6) is -0.256. The van der Waals surface area contributed by atoms with Crippen molar-refractivity contribution in [1.82, 2.24) is 0 Å². The molecular weight excluding hydrogens is 215 g/mol. The second-order valence-electron chi connectivity index (χ2n) is 5.67. The Morgan fingerprint density at radius 3 is 2.35 bits per heavy atom. The van der Waals surface area contributed by atoms with Crippen LogP contribution in [0.3, 0.4) is 0 Å². The van der Waals surface area contributed by atoms with Crippen LogP contribution < -0.4 is 5.32 Å². The highest BCUT2D eigenvalue weighted by molar-refractivity contribution is 5.48. The van der Waals surface area contributed by atoms with Gasteiger partial charge in [-0.25, -0.2) is 4.39 Å². The lowest BCUT2D eigenvalue weighted by Gasteiger charge is -2.26. The third-order valence-corrected chi connectivity index (χ3v) is 3.45. The predicted octanol–water partition coefficient (Wildman–Crippen LogP) is 3.71. The zero-order valence-corrected chi connectivity index (χ0v) is 10.3. The third kappa shape index (κ3) is 2.58. The Kier molecular flexibility index (Phi) is 2.82. The van der Waals surface area contributed by atoms with Gasteiger partial charge in [-0.15, -0.1) is 0 Å². The molecule has 1 fully saturated rings. The Morgan fingerprint density at radius 1 is 1.24 bits per heavy atom. The van der Waals surface area contributed by atoms with Crippen LogP contribution in [0.25, 0.3) is 0 Å². The molecule has 0 spiro atoms. The number of rotatable bonds is 2. The number of nitrogens with one attached hydrogen (secondary N) is 1. The highest BCUT2D eigenvalue weighted by Gasteiger charge is 2.43. The summed E-state index contributed by atoms with van der Waals surface area (Å²) in [6.07, 6.45) is 2.70. The van der Waals surface area contributed by atoms with E-state index in [4.69, 9.17) is 0 Å². The zero-order valence-electron chi connectivity index (χ0n) is 10.3. The van der Waals surface area contributed by atoms with Gasteiger partial charge in [0.05, 0.1) is 6.07 Å². The van der Waals surface area contributed by atoms with Crippen molar-refractivity contribution in [3.05, 3.63) is 30.1 Å². The quantitative estimate of drug-likeness (QED) is 0.843. The van der Waals surface area contributed by atoms with Gasteiger partial charge in [0.15, 0.2) is 0 Å². The molecule has 0 amide bonds. The fourth-order valence-electron chi connectivity index (χ4n) is 2.59. The van der Waals surface area contributed by atoms with Crippen molar-refractivity contribution in [1.29, 1.82) is 5.26 Å². The van der Waals surface area contributed by atoms with E-state index < -0.39 is 5.54 Å². The molecule has 2 nitrogen and oxygen atoms in total. The van der Waals surface area contributed by atoms with Gasteiger partial charge in [-0.3, -0.25) is 0 Å². The Hall–Kier alpha value is -1.56. The summed E-state index contributed by atoms with van der Waals surface area (Å²) >= 11 is 0. The number of halogens is 1. The second kappa shape index (κ2) is 4.03. The SMILES string of the molecule is CC1(C)CCC(C#N)(Nc2ccc(F)cc2)C1. The van der Waals surface area contributed by atoms with Gasteiger partial charge in [0.2, 0.25) is 0 Å². The number of hydrogen-bond acceptors (Lipinski definition) is 2. The van der Waals surface area contributed by atoms with Crippen LogP contribution in [0.1, 0.15) is 33.1 Å². The van der Waals surface area contributed by atoms with Crippen LogP contribution in [0.4, 0.5) is 10.1 Å². The number of hydrogen-bond donors (Lipinski definition) is 1. The van der Waals surface area contributed by atoms with Gasteiger partial charge in [-0.1, -0.05) is 13.8 Å². The molecule has 3 heteroatoms. The van der Waals surface area contributed by atoms with Crippen LogP contribution in [0.2, 0.25) is 0 Å². The number of anilines is 1. The van der Waals surface area contributed by atoms with E-state index in [1.54, 1.807) is 12.1 Å². The molecular formula is C14H17FN2. The third-order valence-electron chi connectivity index (χ3n) is 3.45. The zero-order chi connectivity index (χ0) is 12.5. The van der Waals surface area contributed by atoms with Crippen LogP contribution >= 0.6 is 0 Å². The molecule has 0 heterocycles. The van der Waals surface area contributed by atoms with Crippen molar-refractivity contribution in [2.45, 2.75) is 38.6 Å². The molecule has 0 saturated heterocycles. The van der Waals surface area contributed by atoms with Gasteiger partial charge in [0, 0.05) is 5.69 Å². The number of nitriles is 1. The van der Waals surface area contributed by atoms with Crippen molar-refractivity contribution in [2.75, 3.05) is 5.32 Å². The average Bonchev–Trinajstić information content (AvgIpc) is 2.59. The fraction of sp³-hybridized carbons (Fsp3) is 0.500. The Morgan fingerprint density at radius 2 is 1.88 bits per heavy atom. The topological polar surface area (TPSA) is 35.8 Å². The lowest BCUT2D eigenvalue weighted by molar-refractivity contribution is 0.368. The summed E-state index contributed by atoms with van der Waals surface area (Å²) in [4.78, 5) is 0. The molecule has 0 aromatic heterocycles. The summed E-state index contributed by atoms with van der Waals surface area (Å²) in [6.45, 7) is 4.36. The first-order valence-electron chi connectivity index (χ1n) is 5.90. The van der Waals surface area contributed by atoms with Crippen LogP contribution in [0, 0.1) is 22.6 Å². The van der Waals surface area contributed by atoms with E-state index in [2.05, 4.69) is 25.2 Å². The number of benzene rings is 1. The molecule has 1 aliphatic carbocycles. The van der Waals surface area contributed by atoms with Crippen LogP contribution in [0.15, 0.2) is 24.3 Å². The summed E-state index contributed by atoms with van der Waals surface area (Å²) in [6, 6.07) is 8.57. The normalized spacial score (nSPS) is 26.5. The van der Waals surface area contributed by atoms with Crippen LogP contribution in [0.5, 0.6) is 0 Å². The van der Waals surface area contributed by atoms with E-state index in [0.29, 0.717) is 0 Å². The van der Waals surface area contributed by atoms with Gasteiger partial charge in [-0.2, -0.15) is 5.26 Å². The number of nitrogens with zero attached hydrogens (tertiary/aromatic N) is 1. The van der Waals surface area contributed by atoms with Crippen molar-refractivity contribution in [3.63, 3.8) is 0 Å². The Balaban J connectivity index is 2.17. The average molecular weight is 232 g/mol. The summed E-state index contributed by atoms with van der Waals surface area (Å²) in [5.41, 5.74) is 0.509. The molecule has 0 radical (unpaired) electrons. The van der Waals surface area contributed by atoms with Gasteiger partial charge in [-0.05, 0) is 48.9 Å². The van der Waals surface area contributed by atoms with Crippen LogP contribution in [-0.4, -0.2) is 5.54 Å². The first-order chi connectivity index (χ1) is 7.95. The maximum Gasteiger partial charge on any atom is 0.125 e. The standard InChI is InChI=1S/C14H17FN2/c1-13(2)7-8-14(9-13,10-16)17-12-5-3-11(15)4-6-12/h3-6,17H,7-9H2,1-2H3. The van der Waals surface area contributed by atoms with Crippen molar-refractivity contribution in [3.8, 4) is 6.07 Å². The molecule has 1 saturated carbocycles. The lowest BCUT2D eigenvalue weighted by Crippen LogP contribution is -2.34. The monoisotopic (exact) mass is 232 g/mol. The van der Waals surface area contributed by atoms with Gasteiger partial charge >= 0.3 is 0 Å². The minimum Gasteiger partial charge on any atom is -0.367 e. The van der Waals surface area contributed by atoms with Gasteiger partial charge in [0.25, 0.3) is 0 Å². The largest absolute Gasteiger partial charge is 0.367 e. The van der Waals surface area contributed by atoms with Gasteiger partial charge < -0.3 is 5.32 Å². The van der Waals surface area contributed by atoms with Crippen molar-refractivity contribution < 1.29 is 4.39 Å². The fourth-order valence-corrected chi connectivity index (χ4v) is 2.59. The van der Waals surface area contributed by atoms with E-state index in [0.717, 1.165) is 24.9 Å². The maximum absolute atomic E-state index is 12.8. The van der Waals surface area contributed by atoms with Crippen molar-refractivity contribution in [2.24, 2.45) is 5.41 Å². The first kappa shape index (κ1) is 11.9. The molecule has 1 aromatic rings. The minimum absolute atomic E-state index is 0.197. The molecule has 0 aliphatic heterocycles. The first-order valence-corrected chi connectivity index (χ1v) is 5.90. The maximum atomic E-state index is 12.8. The molecule has 0 bridgehead atoms. The van der Waals surface area contributed by atoms with E-state index in [1.807, 2.05) is 0 Å². The van der Waals surface area contributed by atoms with E-state index >= 15 is 0 Å². The summed E-state index contributed by atoms with van der Waals surface area (Å²) < 4.78 is 12.8. The predicted molar refractivity (Wildman–Crippen MR) is 66.0 cm³/mol. The molecule has 90 valence electrons. The summed E-state index contributed by atoms with van der Waals surface area (Å²) in [5, 5.41) is 12.6. The summed E-state index contributed by atoms with van der Waals surface area (Å²) in [7, 11) is 0. The molecule has 17 heavy (non-hydrogen) atoms. The lowest BCUT2D eigenvalue weighted by atomic mass is 9.88. The molecule has 1 aromatic carbocycles.